The number of nitrogens with two attached hydrogens (primary N) is 1. The van der Waals surface area contributed by atoms with Crippen molar-refractivity contribution in [3.8, 4) is 5.75 Å². The van der Waals surface area contributed by atoms with Crippen molar-refractivity contribution >= 4 is 17.5 Å². The van der Waals surface area contributed by atoms with Crippen molar-refractivity contribution in [2.45, 2.75) is 6.92 Å². The molecule has 0 atom stereocenters. The first kappa shape index (κ1) is 11.0. The molecule has 0 saturated heterocycles. The number of nitrogen functional groups attached to an aromatic ring is 1. The van der Waals surface area contributed by atoms with Gasteiger partial charge in [-0.25, -0.2) is 4.79 Å². The van der Waals surface area contributed by atoms with E-state index in [1.54, 1.807) is 31.2 Å². The second-order valence-electron chi connectivity index (χ2n) is 3.38. The van der Waals surface area contributed by atoms with Crippen LogP contribution in [0.1, 0.15) is 5.76 Å². The molecule has 88 valence electrons. The molecule has 2 rings (SSSR count). The Bertz CT molecular complexity index is 519. The van der Waals surface area contributed by atoms with Gasteiger partial charge in [-0.3, -0.25) is 5.32 Å². The SMILES string of the molecule is Cc1oncc1OC(=O)Nc1ccc(N)cc1. The van der Waals surface area contributed by atoms with E-state index >= 15 is 0 Å². The van der Waals surface area contributed by atoms with Crippen molar-refractivity contribution in [2.75, 3.05) is 11.1 Å². The molecule has 6 nitrogen and oxygen atoms in total. The highest BCUT2D eigenvalue weighted by Gasteiger charge is 2.10. The van der Waals surface area contributed by atoms with Crippen LogP contribution in [0.4, 0.5) is 16.2 Å². The van der Waals surface area contributed by atoms with Crippen LogP contribution in [0.3, 0.4) is 0 Å². The average Bonchev–Trinajstić information content (AvgIpc) is 2.68. The molecule has 0 aliphatic rings. The van der Waals surface area contributed by atoms with Gasteiger partial charge in [0.25, 0.3) is 0 Å². The highest BCUT2D eigenvalue weighted by molar-refractivity contribution is 5.86. The molecule has 0 radical (unpaired) electrons. The molecule has 1 heterocycles. The zero-order valence-electron chi connectivity index (χ0n) is 9.14. The summed E-state index contributed by atoms with van der Waals surface area (Å²) in [6.07, 6.45) is 0.721. The highest BCUT2D eigenvalue weighted by Crippen LogP contribution is 2.17. The van der Waals surface area contributed by atoms with Crippen LogP contribution in [0.25, 0.3) is 0 Å². The molecule has 1 amide bonds. The zero-order chi connectivity index (χ0) is 12.3. The van der Waals surface area contributed by atoms with Crippen molar-refractivity contribution in [1.29, 1.82) is 0 Å². The number of ether oxygens (including phenoxy) is 1. The van der Waals surface area contributed by atoms with Crippen LogP contribution < -0.4 is 15.8 Å². The Morgan fingerprint density at radius 2 is 2.12 bits per heavy atom. The number of rotatable bonds is 2. The van der Waals surface area contributed by atoms with Gasteiger partial charge in [-0.2, -0.15) is 0 Å². The summed E-state index contributed by atoms with van der Waals surface area (Å²) in [5.74, 6) is 0.732. The Morgan fingerprint density at radius 3 is 2.71 bits per heavy atom. The van der Waals surface area contributed by atoms with Crippen LogP contribution in [0.5, 0.6) is 5.75 Å². The number of amides is 1. The second-order valence-corrected chi connectivity index (χ2v) is 3.38. The number of carbonyl (C=O) groups excluding carboxylic acids is 1. The van der Waals surface area contributed by atoms with Gasteiger partial charge in [-0.15, -0.1) is 0 Å². The molecule has 0 aliphatic heterocycles. The van der Waals surface area contributed by atoms with Gasteiger partial charge in [0.05, 0.1) is 0 Å². The van der Waals surface area contributed by atoms with Gasteiger partial charge in [-0.1, -0.05) is 5.16 Å². The number of nitrogens with zero attached hydrogens (tertiary/aromatic N) is 1. The smallest absolute Gasteiger partial charge is 0.405 e. The number of aryl methyl sites for hydroxylation is 1. The molecule has 3 N–H and O–H groups in total. The van der Waals surface area contributed by atoms with E-state index in [0.717, 1.165) is 0 Å². The third-order valence-electron chi connectivity index (χ3n) is 2.07. The van der Waals surface area contributed by atoms with Gasteiger partial charge < -0.3 is 15.0 Å². The number of hydrogen-bond acceptors (Lipinski definition) is 5. The molecule has 17 heavy (non-hydrogen) atoms. The maximum absolute atomic E-state index is 11.5. The van der Waals surface area contributed by atoms with E-state index in [4.69, 9.17) is 15.0 Å². The molecule has 0 bridgehead atoms. The second kappa shape index (κ2) is 4.56. The fourth-order valence-corrected chi connectivity index (χ4v) is 1.20. The van der Waals surface area contributed by atoms with Gasteiger partial charge in [-0.05, 0) is 24.3 Å². The van der Waals surface area contributed by atoms with Gasteiger partial charge in [0.2, 0.25) is 0 Å². The van der Waals surface area contributed by atoms with Crippen LogP contribution in [-0.4, -0.2) is 11.2 Å². The summed E-state index contributed by atoms with van der Waals surface area (Å²) in [4.78, 5) is 11.5. The van der Waals surface area contributed by atoms with Crippen molar-refractivity contribution in [2.24, 2.45) is 0 Å². The molecular weight excluding hydrogens is 222 g/mol. The van der Waals surface area contributed by atoms with E-state index < -0.39 is 6.09 Å². The zero-order valence-corrected chi connectivity index (χ0v) is 9.14. The summed E-state index contributed by atoms with van der Waals surface area (Å²) in [6.45, 7) is 1.65. The Balaban J connectivity index is 1.98. The number of carbonyl (C=O) groups is 1. The normalized spacial score (nSPS) is 9.94. The quantitative estimate of drug-likeness (QED) is 0.776. The molecule has 0 unspecified atom stereocenters. The fraction of sp³-hybridized carbons (Fsp3) is 0.0909. The van der Waals surface area contributed by atoms with Gasteiger partial charge in [0, 0.05) is 18.3 Å². The highest BCUT2D eigenvalue weighted by atomic mass is 16.6. The third kappa shape index (κ3) is 2.75. The lowest BCUT2D eigenvalue weighted by Gasteiger charge is -2.05. The fourth-order valence-electron chi connectivity index (χ4n) is 1.20. The molecule has 0 fully saturated rings. The lowest BCUT2D eigenvalue weighted by Crippen LogP contribution is -2.16. The number of benzene rings is 1. The van der Waals surface area contributed by atoms with Gasteiger partial charge >= 0.3 is 6.09 Å². The monoisotopic (exact) mass is 233 g/mol. The van der Waals surface area contributed by atoms with E-state index in [0.29, 0.717) is 17.1 Å². The molecule has 6 heteroatoms. The van der Waals surface area contributed by atoms with Crippen LogP contribution in [0.2, 0.25) is 0 Å². The first-order valence-corrected chi connectivity index (χ1v) is 4.91. The summed E-state index contributed by atoms with van der Waals surface area (Å²) >= 11 is 0. The minimum atomic E-state index is -0.610. The largest absolute Gasteiger partial charge is 0.417 e. The topological polar surface area (TPSA) is 90.4 Å². The van der Waals surface area contributed by atoms with Gasteiger partial charge in [0.15, 0.2) is 11.5 Å². The maximum Gasteiger partial charge on any atom is 0.417 e. The number of hydrogen-bond donors (Lipinski definition) is 2. The third-order valence-corrected chi connectivity index (χ3v) is 2.07. The van der Waals surface area contributed by atoms with Crippen molar-refractivity contribution in [3.63, 3.8) is 0 Å². The minimum Gasteiger partial charge on any atom is -0.405 e. The van der Waals surface area contributed by atoms with E-state index in [9.17, 15) is 4.79 Å². The number of aromatic nitrogens is 1. The Labute approximate surface area is 97.3 Å². The van der Waals surface area contributed by atoms with Crippen molar-refractivity contribution < 1.29 is 14.1 Å². The molecule has 0 saturated carbocycles. The summed E-state index contributed by atoms with van der Waals surface area (Å²) < 4.78 is 9.74. The van der Waals surface area contributed by atoms with Crippen molar-refractivity contribution in [3.05, 3.63) is 36.2 Å². The molecule has 1 aromatic carbocycles. The molecule has 0 spiro atoms. The van der Waals surface area contributed by atoms with Crippen LogP contribution in [0.15, 0.2) is 35.0 Å². The lowest BCUT2D eigenvalue weighted by molar-refractivity contribution is 0.214. The predicted octanol–water partition coefficient (Wildman–Crippen LogP) is 2.18. The Hall–Kier alpha value is -2.50. The van der Waals surface area contributed by atoms with Crippen LogP contribution >= 0.6 is 0 Å². The summed E-state index contributed by atoms with van der Waals surface area (Å²) in [5, 5.41) is 6.05. The maximum atomic E-state index is 11.5. The molecule has 0 aliphatic carbocycles. The first-order valence-electron chi connectivity index (χ1n) is 4.91. The van der Waals surface area contributed by atoms with Gasteiger partial charge in [0.1, 0.15) is 6.20 Å². The van der Waals surface area contributed by atoms with E-state index in [1.807, 2.05) is 0 Å². The van der Waals surface area contributed by atoms with E-state index in [2.05, 4.69) is 10.5 Å². The number of anilines is 2. The van der Waals surface area contributed by atoms with E-state index in [1.165, 1.54) is 6.20 Å². The minimum absolute atomic E-state index is 0.290. The predicted molar refractivity (Wildman–Crippen MR) is 61.7 cm³/mol. The summed E-state index contributed by atoms with van der Waals surface area (Å²) in [6, 6.07) is 6.72. The average molecular weight is 233 g/mol. The molecule has 2 aromatic rings. The standard InChI is InChI=1S/C11H11N3O3/c1-7-10(6-13-17-7)16-11(15)14-9-4-2-8(12)3-5-9/h2-6H,12H2,1H3,(H,14,15). The molecule has 1 aromatic heterocycles. The number of nitrogens with one attached hydrogen (secondary N) is 1. The van der Waals surface area contributed by atoms with Crippen LogP contribution in [0, 0.1) is 6.92 Å². The van der Waals surface area contributed by atoms with E-state index in [-0.39, 0.29) is 5.75 Å². The van der Waals surface area contributed by atoms with Crippen molar-refractivity contribution in [1.82, 2.24) is 5.16 Å². The summed E-state index contributed by atoms with van der Waals surface area (Å²) in [7, 11) is 0. The molecular formula is C11H11N3O3. The lowest BCUT2D eigenvalue weighted by atomic mass is 10.3. The Kier molecular flexibility index (Phi) is 2.95. The first-order chi connectivity index (χ1) is 8.15. The van der Waals surface area contributed by atoms with Crippen LogP contribution in [-0.2, 0) is 0 Å². The summed E-state index contributed by atoms with van der Waals surface area (Å²) in [5.41, 5.74) is 6.74. The Morgan fingerprint density at radius 1 is 1.41 bits per heavy atom.